The van der Waals surface area contributed by atoms with Crippen molar-refractivity contribution in [2.24, 2.45) is 5.92 Å². The summed E-state index contributed by atoms with van der Waals surface area (Å²) >= 11 is 0. The first-order valence-corrected chi connectivity index (χ1v) is 14.2. The lowest BCUT2D eigenvalue weighted by Gasteiger charge is -2.39. The first kappa shape index (κ1) is 28.6. The summed E-state index contributed by atoms with van der Waals surface area (Å²) < 4.78 is 28.0. The number of likely N-dealkylation sites (tertiary alicyclic amines) is 1. The number of nitrogens with zero attached hydrogens (tertiary/aromatic N) is 1. The molecule has 1 heterocycles. The SMILES string of the molecule is C#CCNC(=O)CNC(=O)CS(=O)(=O)N[C@H](CCO)C1CCN([C@H](C)c2cccc3ccccc23)CC1. The number of carbonyl (C=O) groups is 2. The summed E-state index contributed by atoms with van der Waals surface area (Å²) in [4.78, 5) is 26.0. The number of amides is 2. The Labute approximate surface area is 219 Å². The second kappa shape index (κ2) is 13.5. The molecule has 0 aliphatic carbocycles. The average Bonchev–Trinajstić information content (AvgIpc) is 2.89. The Morgan fingerprint density at radius 2 is 1.81 bits per heavy atom. The van der Waals surface area contributed by atoms with Crippen LogP contribution in [0, 0.1) is 18.3 Å². The van der Waals surface area contributed by atoms with E-state index < -0.39 is 33.6 Å². The van der Waals surface area contributed by atoms with E-state index in [1.807, 2.05) is 12.1 Å². The second-order valence-electron chi connectivity index (χ2n) is 9.37. The number of piperidine rings is 1. The Morgan fingerprint density at radius 1 is 1.11 bits per heavy atom. The van der Waals surface area contributed by atoms with E-state index in [1.165, 1.54) is 16.3 Å². The molecule has 2 aromatic rings. The van der Waals surface area contributed by atoms with Crippen molar-refractivity contribution in [3.05, 3.63) is 48.0 Å². The monoisotopic (exact) mass is 528 g/mol. The number of hydrogen-bond acceptors (Lipinski definition) is 6. The number of aliphatic hydroxyl groups is 1. The molecule has 1 saturated heterocycles. The number of rotatable bonds is 12. The van der Waals surface area contributed by atoms with E-state index in [2.05, 4.69) is 63.4 Å². The molecule has 3 rings (SSSR count). The molecule has 0 bridgehead atoms. The van der Waals surface area contributed by atoms with E-state index in [0.29, 0.717) is 0 Å². The van der Waals surface area contributed by atoms with E-state index in [0.717, 1.165) is 25.9 Å². The van der Waals surface area contributed by atoms with E-state index in [4.69, 9.17) is 6.42 Å². The number of nitrogens with one attached hydrogen (secondary N) is 3. The minimum absolute atomic E-state index is 0.0247. The van der Waals surface area contributed by atoms with Gasteiger partial charge in [-0.2, -0.15) is 0 Å². The molecule has 4 N–H and O–H groups in total. The first-order chi connectivity index (χ1) is 17.7. The largest absolute Gasteiger partial charge is 0.396 e. The van der Waals surface area contributed by atoms with Gasteiger partial charge in [-0.05, 0) is 61.5 Å². The van der Waals surface area contributed by atoms with Crippen molar-refractivity contribution in [1.29, 1.82) is 0 Å². The topological polar surface area (TPSA) is 128 Å². The predicted molar refractivity (Wildman–Crippen MR) is 144 cm³/mol. The maximum Gasteiger partial charge on any atom is 0.240 e. The smallest absolute Gasteiger partial charge is 0.240 e. The first-order valence-electron chi connectivity index (χ1n) is 12.5. The Balaban J connectivity index is 1.55. The summed E-state index contributed by atoms with van der Waals surface area (Å²) in [5.74, 6) is 0.192. The maximum atomic E-state index is 12.7. The van der Waals surface area contributed by atoms with Crippen LogP contribution in [-0.4, -0.2) is 74.8 Å². The zero-order valence-electron chi connectivity index (χ0n) is 21.2. The molecular weight excluding hydrogens is 492 g/mol. The van der Waals surface area contributed by atoms with Gasteiger partial charge in [0.1, 0.15) is 5.75 Å². The molecule has 2 atom stereocenters. The highest BCUT2D eigenvalue weighted by atomic mass is 32.2. The van der Waals surface area contributed by atoms with Crippen LogP contribution in [0.3, 0.4) is 0 Å². The standard InChI is InChI=1S/C27H36N4O5S/c1-3-14-28-26(33)18-29-27(34)19-37(35,36)30-25(13-17-32)22-11-15-31(16-12-22)20(2)23-10-6-8-21-7-4-5-9-24(21)23/h1,4-10,20,22,25,30,32H,11-19H2,2H3,(H,28,33)(H,29,34)/t20-,25-/m1/s1. The Bertz CT molecular complexity index is 1210. The molecule has 37 heavy (non-hydrogen) atoms. The summed E-state index contributed by atoms with van der Waals surface area (Å²) in [5.41, 5.74) is 1.27. The van der Waals surface area contributed by atoms with Crippen molar-refractivity contribution in [2.45, 2.75) is 38.3 Å². The molecule has 1 aliphatic heterocycles. The molecule has 2 amide bonds. The van der Waals surface area contributed by atoms with Crippen LogP contribution in [0.15, 0.2) is 42.5 Å². The third kappa shape index (κ3) is 8.27. The number of carbonyl (C=O) groups excluding carboxylic acids is 2. The number of terminal acetylenes is 1. The summed E-state index contributed by atoms with van der Waals surface area (Å²) in [6.45, 7) is 3.29. The minimum Gasteiger partial charge on any atom is -0.396 e. The van der Waals surface area contributed by atoms with Gasteiger partial charge in [-0.1, -0.05) is 48.4 Å². The van der Waals surface area contributed by atoms with Gasteiger partial charge >= 0.3 is 0 Å². The van der Waals surface area contributed by atoms with Gasteiger partial charge in [0.15, 0.2) is 0 Å². The van der Waals surface area contributed by atoms with Gasteiger partial charge in [0, 0.05) is 18.7 Å². The fraction of sp³-hybridized carbons (Fsp3) is 0.481. The lowest BCUT2D eigenvalue weighted by Crippen LogP contribution is -2.48. The third-order valence-electron chi connectivity index (χ3n) is 6.89. The Kier molecular flexibility index (Phi) is 10.5. The molecular formula is C27H36N4O5S. The summed E-state index contributed by atoms with van der Waals surface area (Å²) in [7, 11) is -3.96. The molecule has 2 aromatic carbocycles. The van der Waals surface area contributed by atoms with Gasteiger partial charge in [-0.15, -0.1) is 6.42 Å². The van der Waals surface area contributed by atoms with Gasteiger partial charge < -0.3 is 15.7 Å². The van der Waals surface area contributed by atoms with Gasteiger partial charge in [0.25, 0.3) is 0 Å². The van der Waals surface area contributed by atoms with Crippen LogP contribution >= 0.6 is 0 Å². The van der Waals surface area contributed by atoms with Crippen molar-refractivity contribution in [1.82, 2.24) is 20.3 Å². The molecule has 0 radical (unpaired) electrons. The average molecular weight is 529 g/mol. The van der Waals surface area contributed by atoms with E-state index >= 15 is 0 Å². The minimum atomic E-state index is -3.96. The lowest BCUT2D eigenvalue weighted by molar-refractivity contribution is -0.124. The van der Waals surface area contributed by atoms with Crippen molar-refractivity contribution in [3.8, 4) is 12.3 Å². The van der Waals surface area contributed by atoms with Crippen LogP contribution in [0.1, 0.15) is 37.8 Å². The van der Waals surface area contributed by atoms with Crippen LogP contribution in [0.25, 0.3) is 10.8 Å². The van der Waals surface area contributed by atoms with Gasteiger partial charge in [-0.3, -0.25) is 14.5 Å². The van der Waals surface area contributed by atoms with E-state index in [1.54, 1.807) is 0 Å². The lowest BCUT2D eigenvalue weighted by atomic mass is 9.87. The predicted octanol–water partition coefficient (Wildman–Crippen LogP) is 1.15. The van der Waals surface area contributed by atoms with Gasteiger partial charge in [0.05, 0.1) is 13.1 Å². The van der Waals surface area contributed by atoms with Crippen LogP contribution in [0.5, 0.6) is 0 Å². The number of sulfonamides is 1. The zero-order chi connectivity index (χ0) is 26.8. The molecule has 0 unspecified atom stereocenters. The highest BCUT2D eigenvalue weighted by Gasteiger charge is 2.32. The molecule has 9 nitrogen and oxygen atoms in total. The fourth-order valence-electron chi connectivity index (χ4n) is 4.94. The molecule has 1 aliphatic rings. The van der Waals surface area contributed by atoms with Crippen molar-refractivity contribution in [3.63, 3.8) is 0 Å². The number of benzene rings is 2. The quantitative estimate of drug-likeness (QED) is 0.306. The van der Waals surface area contributed by atoms with Crippen molar-refractivity contribution < 1.29 is 23.1 Å². The molecule has 0 spiro atoms. The Hall–Kier alpha value is -2.97. The molecule has 10 heteroatoms. The van der Waals surface area contributed by atoms with Gasteiger partial charge in [-0.25, -0.2) is 13.1 Å². The number of aliphatic hydroxyl groups excluding tert-OH is 1. The van der Waals surface area contributed by atoms with Gasteiger partial charge in [0.2, 0.25) is 21.8 Å². The molecule has 200 valence electrons. The summed E-state index contributed by atoms with van der Waals surface area (Å²) in [5, 5.41) is 16.7. The maximum absolute atomic E-state index is 12.7. The molecule has 0 aromatic heterocycles. The van der Waals surface area contributed by atoms with Crippen LogP contribution in [-0.2, 0) is 19.6 Å². The van der Waals surface area contributed by atoms with Crippen LogP contribution < -0.4 is 15.4 Å². The molecule has 1 fully saturated rings. The summed E-state index contributed by atoms with van der Waals surface area (Å²) in [6, 6.07) is 14.4. The number of fused-ring (bicyclic) bond motifs is 1. The van der Waals surface area contributed by atoms with Crippen molar-refractivity contribution in [2.75, 3.05) is 38.5 Å². The van der Waals surface area contributed by atoms with Crippen LogP contribution in [0.4, 0.5) is 0 Å². The second-order valence-corrected chi connectivity index (χ2v) is 11.1. The van der Waals surface area contributed by atoms with E-state index in [-0.39, 0.29) is 38.1 Å². The highest BCUT2D eigenvalue weighted by molar-refractivity contribution is 7.90. The van der Waals surface area contributed by atoms with Crippen LogP contribution in [0.2, 0.25) is 0 Å². The number of hydrogen-bond donors (Lipinski definition) is 4. The third-order valence-corrected chi connectivity index (χ3v) is 8.19. The molecule has 0 saturated carbocycles. The summed E-state index contributed by atoms with van der Waals surface area (Å²) in [6.07, 6.45) is 6.86. The fourth-order valence-corrected chi connectivity index (χ4v) is 6.24. The van der Waals surface area contributed by atoms with Crippen molar-refractivity contribution >= 4 is 32.6 Å². The highest BCUT2D eigenvalue weighted by Crippen LogP contribution is 2.32. The normalized spacial score (nSPS) is 16.6. The van der Waals surface area contributed by atoms with E-state index in [9.17, 15) is 23.1 Å². The zero-order valence-corrected chi connectivity index (χ0v) is 22.0. The Morgan fingerprint density at radius 3 is 2.51 bits per heavy atom.